The van der Waals surface area contributed by atoms with Gasteiger partial charge in [-0.1, -0.05) is 16.8 Å². The molecule has 3 heterocycles. The van der Waals surface area contributed by atoms with Gasteiger partial charge in [0.2, 0.25) is 0 Å². The van der Waals surface area contributed by atoms with Gasteiger partial charge in [-0.05, 0) is 51.1 Å². The van der Waals surface area contributed by atoms with E-state index in [1.165, 1.54) is 12.3 Å². The number of pyridine rings is 1. The summed E-state index contributed by atoms with van der Waals surface area (Å²) in [5.41, 5.74) is 3.01. The number of aryl methyl sites for hydroxylation is 2. The molecule has 0 saturated carbocycles. The molecular formula is C21H19ClN4O4. The Kier molecular flexibility index (Phi) is 5.17. The van der Waals surface area contributed by atoms with E-state index in [0.29, 0.717) is 28.4 Å². The lowest BCUT2D eigenvalue weighted by Gasteiger charge is -2.33. The zero-order chi connectivity index (χ0) is 21.4. The monoisotopic (exact) mass is 426 g/mol. The van der Waals surface area contributed by atoms with E-state index in [2.05, 4.69) is 15.5 Å². The number of hydrogen-bond acceptors (Lipinski definition) is 6. The van der Waals surface area contributed by atoms with Crippen molar-refractivity contribution in [1.82, 2.24) is 10.1 Å². The van der Waals surface area contributed by atoms with E-state index < -0.39 is 6.10 Å². The largest absolute Gasteiger partial charge is 0.479 e. The van der Waals surface area contributed by atoms with E-state index in [9.17, 15) is 9.59 Å². The number of aromatic nitrogens is 2. The van der Waals surface area contributed by atoms with Crippen molar-refractivity contribution in [3.8, 4) is 5.75 Å². The zero-order valence-electron chi connectivity index (χ0n) is 16.6. The Bertz CT molecular complexity index is 1120. The number of benzene rings is 1. The van der Waals surface area contributed by atoms with Crippen LogP contribution in [-0.4, -0.2) is 28.1 Å². The van der Waals surface area contributed by atoms with Crippen LogP contribution in [0.4, 0.5) is 11.4 Å². The third-order valence-corrected chi connectivity index (χ3v) is 5.12. The number of ether oxygens (including phenoxy) is 1. The number of carbonyl (C=O) groups excluding carboxylic acids is 2. The average Bonchev–Trinajstić information content (AvgIpc) is 3.03. The Morgan fingerprint density at radius 2 is 2.07 bits per heavy atom. The quantitative estimate of drug-likeness (QED) is 0.635. The maximum atomic E-state index is 12.9. The summed E-state index contributed by atoms with van der Waals surface area (Å²) >= 11 is 5.86. The minimum absolute atomic E-state index is 0.188. The number of fused-ring (bicyclic) bond motifs is 1. The summed E-state index contributed by atoms with van der Waals surface area (Å²) in [6.45, 7) is 5.63. The Labute approximate surface area is 177 Å². The van der Waals surface area contributed by atoms with Crippen LogP contribution in [0.1, 0.15) is 34.3 Å². The summed E-state index contributed by atoms with van der Waals surface area (Å²) in [4.78, 5) is 30.9. The van der Waals surface area contributed by atoms with Crippen molar-refractivity contribution >= 4 is 34.8 Å². The van der Waals surface area contributed by atoms with Gasteiger partial charge in [0, 0.05) is 23.0 Å². The number of halogens is 1. The van der Waals surface area contributed by atoms with Crippen LogP contribution in [-0.2, 0) is 11.3 Å². The molecule has 4 rings (SSSR count). The fourth-order valence-electron chi connectivity index (χ4n) is 3.28. The summed E-state index contributed by atoms with van der Waals surface area (Å²) in [5.74, 6) is 0.679. The third kappa shape index (κ3) is 3.73. The molecule has 1 N–H and O–H groups in total. The molecule has 2 amide bonds. The number of amides is 2. The highest BCUT2D eigenvalue weighted by molar-refractivity contribution is 6.29. The van der Waals surface area contributed by atoms with Gasteiger partial charge in [0.1, 0.15) is 16.7 Å². The van der Waals surface area contributed by atoms with Crippen LogP contribution in [0.5, 0.6) is 5.75 Å². The van der Waals surface area contributed by atoms with E-state index in [0.717, 1.165) is 11.3 Å². The first-order valence-corrected chi connectivity index (χ1v) is 9.68. The molecule has 9 heteroatoms. The summed E-state index contributed by atoms with van der Waals surface area (Å²) in [7, 11) is 0. The average molecular weight is 427 g/mol. The Morgan fingerprint density at radius 1 is 1.27 bits per heavy atom. The van der Waals surface area contributed by atoms with Crippen molar-refractivity contribution in [1.29, 1.82) is 0 Å². The van der Waals surface area contributed by atoms with E-state index in [1.807, 2.05) is 6.92 Å². The maximum Gasteiger partial charge on any atom is 0.268 e. The molecule has 2 aromatic heterocycles. The smallest absolute Gasteiger partial charge is 0.268 e. The second-order valence-electron chi connectivity index (χ2n) is 6.99. The van der Waals surface area contributed by atoms with E-state index in [4.69, 9.17) is 20.9 Å². The molecule has 1 aliphatic rings. The lowest BCUT2D eigenvalue weighted by molar-refractivity contribution is -0.125. The molecule has 0 saturated heterocycles. The Hall–Kier alpha value is -3.39. The molecule has 0 fully saturated rings. The summed E-state index contributed by atoms with van der Waals surface area (Å²) < 4.78 is 11.0. The molecule has 30 heavy (non-hydrogen) atoms. The van der Waals surface area contributed by atoms with Crippen molar-refractivity contribution < 1.29 is 18.8 Å². The van der Waals surface area contributed by atoms with Gasteiger partial charge >= 0.3 is 0 Å². The molecule has 0 radical (unpaired) electrons. The van der Waals surface area contributed by atoms with Gasteiger partial charge in [-0.25, -0.2) is 4.98 Å². The van der Waals surface area contributed by atoms with Gasteiger partial charge in [0.15, 0.2) is 6.10 Å². The fraction of sp³-hybridized carbons (Fsp3) is 0.238. The van der Waals surface area contributed by atoms with Crippen molar-refractivity contribution in [3.63, 3.8) is 0 Å². The molecular weight excluding hydrogens is 408 g/mol. The van der Waals surface area contributed by atoms with Crippen LogP contribution in [0.25, 0.3) is 0 Å². The number of rotatable bonds is 4. The molecule has 3 aromatic rings. The van der Waals surface area contributed by atoms with Gasteiger partial charge in [0.25, 0.3) is 11.8 Å². The van der Waals surface area contributed by atoms with Crippen LogP contribution in [0.2, 0.25) is 5.15 Å². The van der Waals surface area contributed by atoms with Crippen molar-refractivity contribution in [2.75, 3.05) is 10.2 Å². The molecule has 1 aromatic carbocycles. The molecule has 0 bridgehead atoms. The van der Waals surface area contributed by atoms with Crippen LogP contribution in [0.3, 0.4) is 0 Å². The second-order valence-corrected chi connectivity index (χ2v) is 7.38. The predicted molar refractivity (Wildman–Crippen MR) is 111 cm³/mol. The van der Waals surface area contributed by atoms with Crippen LogP contribution >= 0.6 is 11.6 Å². The van der Waals surface area contributed by atoms with E-state index >= 15 is 0 Å². The molecule has 1 aliphatic heterocycles. The summed E-state index contributed by atoms with van der Waals surface area (Å²) in [6, 6.07) is 8.20. The zero-order valence-corrected chi connectivity index (χ0v) is 17.4. The fourth-order valence-corrected chi connectivity index (χ4v) is 3.45. The van der Waals surface area contributed by atoms with Gasteiger partial charge in [-0.3, -0.25) is 9.59 Å². The van der Waals surface area contributed by atoms with Gasteiger partial charge in [-0.15, -0.1) is 0 Å². The topological polar surface area (TPSA) is 97.6 Å². The normalized spacial score (nSPS) is 15.5. The van der Waals surface area contributed by atoms with Crippen LogP contribution in [0, 0.1) is 13.8 Å². The van der Waals surface area contributed by atoms with E-state index in [1.54, 1.807) is 43.0 Å². The first-order chi connectivity index (χ1) is 14.3. The highest BCUT2D eigenvalue weighted by Gasteiger charge is 2.33. The molecule has 1 unspecified atom stereocenters. The number of nitrogens with zero attached hydrogens (tertiary/aromatic N) is 3. The summed E-state index contributed by atoms with van der Waals surface area (Å²) in [6.07, 6.45) is 0.834. The maximum absolute atomic E-state index is 12.9. The SMILES string of the molecule is Cc1noc(C)c1CN1C(=O)C(C)Oc2ccc(NC(=O)c3ccnc(Cl)c3)cc21. The first kappa shape index (κ1) is 19.9. The Morgan fingerprint density at radius 3 is 2.77 bits per heavy atom. The van der Waals surface area contributed by atoms with Crippen LogP contribution in [0.15, 0.2) is 41.1 Å². The van der Waals surface area contributed by atoms with Crippen molar-refractivity contribution in [2.45, 2.75) is 33.4 Å². The molecule has 0 spiro atoms. The lowest BCUT2D eigenvalue weighted by Crippen LogP contribution is -2.44. The van der Waals surface area contributed by atoms with E-state index in [-0.39, 0.29) is 23.5 Å². The molecule has 1 atom stereocenters. The van der Waals surface area contributed by atoms with Crippen molar-refractivity contribution in [2.24, 2.45) is 0 Å². The number of anilines is 2. The van der Waals surface area contributed by atoms with Gasteiger partial charge in [0.05, 0.1) is 17.9 Å². The highest BCUT2D eigenvalue weighted by atomic mass is 35.5. The highest BCUT2D eigenvalue weighted by Crippen LogP contribution is 2.38. The first-order valence-electron chi connectivity index (χ1n) is 9.30. The molecule has 154 valence electrons. The van der Waals surface area contributed by atoms with Gasteiger partial charge in [-0.2, -0.15) is 0 Å². The standard InChI is InChI=1S/C21H19ClN4O4/c1-11-16(12(2)30-25-11)10-26-17-9-15(4-5-18(17)29-13(3)21(26)28)24-20(27)14-6-7-23-19(22)8-14/h4-9,13H,10H2,1-3H3,(H,24,27). The number of hydrogen-bond donors (Lipinski definition) is 1. The molecule has 8 nitrogen and oxygen atoms in total. The summed E-state index contributed by atoms with van der Waals surface area (Å²) in [5, 5.41) is 7.00. The Balaban J connectivity index is 1.66. The lowest BCUT2D eigenvalue weighted by atomic mass is 10.1. The third-order valence-electron chi connectivity index (χ3n) is 4.91. The van der Waals surface area contributed by atoms with Gasteiger partial charge < -0.3 is 19.5 Å². The van der Waals surface area contributed by atoms with Crippen molar-refractivity contribution in [3.05, 3.63) is 64.3 Å². The minimum Gasteiger partial charge on any atom is -0.479 e. The minimum atomic E-state index is -0.627. The number of carbonyl (C=O) groups is 2. The predicted octanol–water partition coefficient (Wildman–Crippen LogP) is 3.91. The second kappa shape index (κ2) is 7.79. The molecule has 0 aliphatic carbocycles. The van der Waals surface area contributed by atoms with Crippen LogP contribution < -0.4 is 15.0 Å². The number of nitrogens with one attached hydrogen (secondary N) is 1.